The highest BCUT2D eigenvalue weighted by Gasteiger charge is 2.21. The van der Waals surface area contributed by atoms with Crippen LogP contribution in [0.15, 0.2) is 48.5 Å². The predicted octanol–water partition coefficient (Wildman–Crippen LogP) is 3.65. The maximum Gasteiger partial charge on any atom is 0.123 e. The number of rotatable bonds is 5. The third-order valence-electron chi connectivity index (χ3n) is 3.74. The van der Waals surface area contributed by atoms with Crippen LogP contribution in [0.1, 0.15) is 29.7 Å². The normalized spacial score (nSPS) is 14.2. The van der Waals surface area contributed by atoms with Crippen molar-refractivity contribution < 1.29 is 4.39 Å². The minimum absolute atomic E-state index is 0.0362. The van der Waals surface area contributed by atoms with Crippen molar-refractivity contribution in [3.63, 3.8) is 0 Å². The summed E-state index contributed by atoms with van der Waals surface area (Å²) in [7, 11) is 2.05. The molecule has 0 aliphatic rings. The quantitative estimate of drug-likeness (QED) is 0.909. The summed E-state index contributed by atoms with van der Waals surface area (Å²) in [5.74, 6) is -0.219. The molecule has 2 aromatic rings. The Balaban J connectivity index is 2.17. The van der Waals surface area contributed by atoms with Crippen LogP contribution < -0.4 is 5.73 Å². The summed E-state index contributed by atoms with van der Waals surface area (Å²) < 4.78 is 13.1. The summed E-state index contributed by atoms with van der Waals surface area (Å²) in [5, 5.41) is 0. The number of benzene rings is 2. The van der Waals surface area contributed by atoms with E-state index in [0.29, 0.717) is 0 Å². The van der Waals surface area contributed by atoms with Crippen molar-refractivity contribution in [1.29, 1.82) is 0 Å². The minimum Gasteiger partial charge on any atom is -0.326 e. The first-order chi connectivity index (χ1) is 9.97. The van der Waals surface area contributed by atoms with Gasteiger partial charge in [0.15, 0.2) is 0 Å². The standard InChI is InChI=1S/C18H23FN2/c1-13-4-6-15(7-5-13)12-21(3)18(14(2)20)16-8-10-17(19)11-9-16/h4-11,14,18H,12,20H2,1-3H3. The summed E-state index contributed by atoms with van der Waals surface area (Å²) in [5.41, 5.74) is 9.69. The van der Waals surface area contributed by atoms with E-state index >= 15 is 0 Å². The number of hydrogen-bond acceptors (Lipinski definition) is 2. The van der Waals surface area contributed by atoms with Crippen molar-refractivity contribution in [3.8, 4) is 0 Å². The van der Waals surface area contributed by atoms with Crippen LogP contribution >= 0.6 is 0 Å². The minimum atomic E-state index is -0.219. The monoisotopic (exact) mass is 286 g/mol. The van der Waals surface area contributed by atoms with Crippen LogP contribution in [-0.4, -0.2) is 18.0 Å². The van der Waals surface area contributed by atoms with E-state index in [2.05, 4.69) is 43.1 Å². The molecule has 2 nitrogen and oxygen atoms in total. The van der Waals surface area contributed by atoms with Gasteiger partial charge in [-0.2, -0.15) is 0 Å². The van der Waals surface area contributed by atoms with Crippen molar-refractivity contribution in [1.82, 2.24) is 4.90 Å². The van der Waals surface area contributed by atoms with Crippen molar-refractivity contribution in [3.05, 3.63) is 71.0 Å². The van der Waals surface area contributed by atoms with Gasteiger partial charge in [-0.1, -0.05) is 42.0 Å². The fourth-order valence-corrected chi connectivity index (χ4v) is 2.70. The van der Waals surface area contributed by atoms with Crippen LogP contribution in [-0.2, 0) is 6.54 Å². The second-order valence-electron chi connectivity index (χ2n) is 5.76. The number of halogens is 1. The van der Waals surface area contributed by atoms with Gasteiger partial charge in [-0.15, -0.1) is 0 Å². The van der Waals surface area contributed by atoms with Gasteiger partial charge in [0.05, 0.1) is 0 Å². The van der Waals surface area contributed by atoms with E-state index in [1.807, 2.05) is 19.1 Å². The number of nitrogens with zero attached hydrogens (tertiary/aromatic N) is 1. The molecule has 112 valence electrons. The Kier molecular flexibility index (Phi) is 5.10. The van der Waals surface area contributed by atoms with Gasteiger partial charge in [0.2, 0.25) is 0 Å². The van der Waals surface area contributed by atoms with Gasteiger partial charge in [-0.25, -0.2) is 4.39 Å². The molecule has 0 aliphatic carbocycles. The van der Waals surface area contributed by atoms with Crippen LogP contribution in [0.2, 0.25) is 0 Å². The van der Waals surface area contributed by atoms with Crippen LogP contribution in [0.5, 0.6) is 0 Å². The lowest BCUT2D eigenvalue weighted by Crippen LogP contribution is -2.36. The molecule has 0 saturated carbocycles. The summed E-state index contributed by atoms with van der Waals surface area (Å²) in [6.07, 6.45) is 0. The molecule has 2 unspecified atom stereocenters. The molecule has 0 bridgehead atoms. The molecule has 0 spiro atoms. The highest BCUT2D eigenvalue weighted by atomic mass is 19.1. The SMILES string of the molecule is Cc1ccc(CN(C)C(c2ccc(F)cc2)C(C)N)cc1. The molecule has 2 N–H and O–H groups in total. The second kappa shape index (κ2) is 6.83. The topological polar surface area (TPSA) is 29.3 Å². The van der Waals surface area contributed by atoms with E-state index in [4.69, 9.17) is 5.73 Å². The zero-order chi connectivity index (χ0) is 15.4. The maximum absolute atomic E-state index is 13.1. The highest BCUT2D eigenvalue weighted by molar-refractivity contribution is 5.24. The predicted molar refractivity (Wildman–Crippen MR) is 85.4 cm³/mol. The molecule has 0 fully saturated rings. The van der Waals surface area contributed by atoms with Gasteiger partial charge in [-0.3, -0.25) is 4.90 Å². The molecule has 0 radical (unpaired) electrons. The Morgan fingerprint density at radius 1 is 1.05 bits per heavy atom. The van der Waals surface area contributed by atoms with Crippen LogP contribution in [0.25, 0.3) is 0 Å². The Morgan fingerprint density at radius 3 is 2.14 bits per heavy atom. The number of hydrogen-bond donors (Lipinski definition) is 1. The van der Waals surface area contributed by atoms with E-state index < -0.39 is 0 Å². The van der Waals surface area contributed by atoms with E-state index in [0.717, 1.165) is 12.1 Å². The molecule has 0 heterocycles. The fourth-order valence-electron chi connectivity index (χ4n) is 2.70. The number of aryl methyl sites for hydroxylation is 1. The largest absolute Gasteiger partial charge is 0.326 e. The molecule has 0 aromatic heterocycles. The van der Waals surface area contributed by atoms with Crippen LogP contribution in [0.3, 0.4) is 0 Å². The van der Waals surface area contributed by atoms with E-state index in [1.54, 1.807) is 0 Å². The molecule has 0 saturated heterocycles. The number of nitrogens with two attached hydrogens (primary N) is 1. The second-order valence-corrected chi connectivity index (χ2v) is 5.76. The first kappa shape index (κ1) is 15.7. The molecule has 0 amide bonds. The summed E-state index contributed by atoms with van der Waals surface area (Å²) in [6, 6.07) is 15.1. The molecule has 0 aliphatic heterocycles. The lowest BCUT2D eigenvalue weighted by molar-refractivity contribution is 0.211. The van der Waals surface area contributed by atoms with Crippen molar-refractivity contribution >= 4 is 0 Å². The zero-order valence-electron chi connectivity index (χ0n) is 12.9. The molecule has 2 atom stereocenters. The summed E-state index contributed by atoms with van der Waals surface area (Å²) >= 11 is 0. The Morgan fingerprint density at radius 2 is 1.62 bits per heavy atom. The smallest absolute Gasteiger partial charge is 0.123 e. The zero-order valence-corrected chi connectivity index (χ0v) is 12.9. The van der Waals surface area contributed by atoms with Gasteiger partial charge < -0.3 is 5.73 Å². The third kappa shape index (κ3) is 4.13. The van der Waals surface area contributed by atoms with Gasteiger partial charge in [0.25, 0.3) is 0 Å². The summed E-state index contributed by atoms with van der Waals surface area (Å²) in [6.45, 7) is 4.88. The van der Waals surface area contributed by atoms with Crippen molar-refractivity contribution in [2.75, 3.05) is 7.05 Å². The van der Waals surface area contributed by atoms with Crippen LogP contribution in [0, 0.1) is 12.7 Å². The van der Waals surface area contributed by atoms with Gasteiger partial charge in [-0.05, 0) is 44.2 Å². The highest BCUT2D eigenvalue weighted by Crippen LogP contribution is 2.24. The van der Waals surface area contributed by atoms with Crippen LogP contribution in [0.4, 0.5) is 4.39 Å². The third-order valence-corrected chi connectivity index (χ3v) is 3.74. The lowest BCUT2D eigenvalue weighted by atomic mass is 9.99. The van der Waals surface area contributed by atoms with Gasteiger partial charge in [0.1, 0.15) is 5.82 Å². The van der Waals surface area contributed by atoms with Gasteiger partial charge in [0, 0.05) is 18.6 Å². The van der Waals surface area contributed by atoms with E-state index in [9.17, 15) is 4.39 Å². The fraction of sp³-hybridized carbons (Fsp3) is 0.333. The average Bonchev–Trinajstić information content (AvgIpc) is 2.43. The molecular weight excluding hydrogens is 263 g/mol. The lowest BCUT2D eigenvalue weighted by Gasteiger charge is -2.31. The Labute approximate surface area is 126 Å². The average molecular weight is 286 g/mol. The molecular formula is C18H23FN2. The van der Waals surface area contributed by atoms with E-state index in [1.165, 1.54) is 23.3 Å². The van der Waals surface area contributed by atoms with Crippen molar-refractivity contribution in [2.24, 2.45) is 5.73 Å². The van der Waals surface area contributed by atoms with E-state index in [-0.39, 0.29) is 17.9 Å². The maximum atomic E-state index is 13.1. The molecule has 21 heavy (non-hydrogen) atoms. The van der Waals surface area contributed by atoms with Gasteiger partial charge >= 0.3 is 0 Å². The Bertz CT molecular complexity index is 561. The molecule has 3 heteroatoms. The Hall–Kier alpha value is -1.71. The number of likely N-dealkylation sites (N-methyl/N-ethyl adjacent to an activating group) is 1. The first-order valence-electron chi connectivity index (χ1n) is 7.24. The summed E-state index contributed by atoms with van der Waals surface area (Å²) in [4.78, 5) is 2.21. The first-order valence-corrected chi connectivity index (χ1v) is 7.24. The molecule has 2 rings (SSSR count). The van der Waals surface area contributed by atoms with Crippen molar-refractivity contribution in [2.45, 2.75) is 32.5 Å². The molecule has 2 aromatic carbocycles.